The van der Waals surface area contributed by atoms with Crippen LogP contribution in [-0.2, 0) is 4.74 Å². The third kappa shape index (κ3) is 24.0. The molecule has 38 heteroatoms. The molecule has 4 aromatic carbocycles. The zero-order valence-corrected chi connectivity index (χ0v) is 67.1. The van der Waals surface area contributed by atoms with Crippen LogP contribution >= 0.6 is 0 Å². The van der Waals surface area contributed by atoms with Crippen molar-refractivity contribution in [2.45, 2.75) is 47.0 Å². The van der Waals surface area contributed by atoms with Crippen molar-refractivity contribution in [1.82, 2.24) is 99.0 Å². The predicted octanol–water partition coefficient (Wildman–Crippen LogP) is 10.2. The van der Waals surface area contributed by atoms with Crippen LogP contribution in [0.1, 0.15) is 57.3 Å². The summed E-state index contributed by atoms with van der Waals surface area (Å²) in [6.45, 7) is 21.2. The molecule has 2 aliphatic heterocycles. The number of hydrogen-bond acceptors (Lipinski definition) is 31. The number of hydrogen-bond donors (Lipinski definition) is 9. The van der Waals surface area contributed by atoms with Crippen molar-refractivity contribution < 1.29 is 46.7 Å². The Balaban J connectivity index is 0.000000156. The van der Waals surface area contributed by atoms with E-state index in [-0.39, 0.29) is 41.3 Å². The lowest BCUT2D eigenvalue weighted by Gasteiger charge is -2.34. The maximum atomic E-state index is 13.6. The fourth-order valence-electron chi connectivity index (χ4n) is 12.8. The van der Waals surface area contributed by atoms with Gasteiger partial charge in [-0.15, -0.1) is 20.4 Å². The van der Waals surface area contributed by atoms with E-state index >= 15 is 0 Å². The van der Waals surface area contributed by atoms with Crippen molar-refractivity contribution in [3.63, 3.8) is 0 Å². The first kappa shape index (κ1) is 85.3. The van der Waals surface area contributed by atoms with Crippen molar-refractivity contribution in [1.29, 1.82) is 0 Å². The van der Waals surface area contributed by atoms with Gasteiger partial charge in [-0.3, -0.25) is 9.69 Å². The van der Waals surface area contributed by atoms with Gasteiger partial charge in [-0.05, 0) is 129 Å². The van der Waals surface area contributed by atoms with Gasteiger partial charge in [0.2, 0.25) is 59.1 Å². The number of anilines is 12. The minimum Gasteiger partial charge on any atom is -0.493 e. The fraction of sp³-hybridized carbons (Fsp3) is 0.338. The molecule has 10 heterocycles. The first-order chi connectivity index (χ1) is 57.4. The van der Waals surface area contributed by atoms with Crippen LogP contribution in [0.25, 0.3) is 23.3 Å². The molecule has 14 rings (SSSR count). The number of carbonyl (C=O) groups is 1. The number of nitrogens with zero attached hydrogens (tertiary/aromatic N) is 19. The molecule has 2 aliphatic rings. The second-order valence-corrected chi connectivity index (χ2v) is 27.0. The number of halogens is 2. The van der Waals surface area contributed by atoms with Crippen LogP contribution < -0.4 is 77.9 Å². The Labute approximate surface area is 681 Å². The molecule has 12 aromatic rings. The van der Waals surface area contributed by atoms with E-state index in [1.807, 2.05) is 48.5 Å². The molecule has 118 heavy (non-hydrogen) atoms. The number of rotatable bonds is 32. The highest BCUT2D eigenvalue weighted by molar-refractivity contribution is 5.94. The Hall–Kier alpha value is -13.6. The third-order valence-corrected chi connectivity index (χ3v) is 18.4. The zero-order chi connectivity index (χ0) is 83.3. The van der Waals surface area contributed by atoms with Gasteiger partial charge in [-0.1, -0.05) is 52.0 Å². The van der Waals surface area contributed by atoms with Gasteiger partial charge >= 0.3 is 0 Å². The summed E-state index contributed by atoms with van der Waals surface area (Å²) in [7, 11) is 6.36. The van der Waals surface area contributed by atoms with Gasteiger partial charge < -0.3 is 92.5 Å². The summed E-state index contributed by atoms with van der Waals surface area (Å²) in [4.78, 5) is 53.2. The maximum absolute atomic E-state index is 13.6. The summed E-state index contributed by atoms with van der Waals surface area (Å²) >= 11 is 0. The molecule has 2 fully saturated rings. The highest BCUT2D eigenvalue weighted by atomic mass is 19.1. The zero-order valence-electron chi connectivity index (χ0n) is 67.1. The van der Waals surface area contributed by atoms with E-state index in [0.29, 0.717) is 112 Å². The minimum absolute atomic E-state index is 0.0441. The summed E-state index contributed by atoms with van der Waals surface area (Å²) in [5.74, 6) is 7.47. The molecule has 13 N–H and O–H groups in total. The Kier molecular flexibility index (Phi) is 30.9. The Morgan fingerprint density at radius 1 is 0.500 bits per heavy atom. The number of carbonyl (C=O) groups excluding carboxylic acids is 1. The molecule has 1 amide bonds. The fourth-order valence-corrected chi connectivity index (χ4v) is 12.8. The number of amides is 1. The molecular weight excluding hydrogens is 1520 g/mol. The first-order valence-electron chi connectivity index (χ1n) is 38.4. The topological polar surface area (TPSA) is 430 Å². The van der Waals surface area contributed by atoms with E-state index in [0.717, 1.165) is 121 Å². The second kappa shape index (κ2) is 42.7. The summed E-state index contributed by atoms with van der Waals surface area (Å²) in [6, 6.07) is 39.1. The quantitative estimate of drug-likeness (QED) is 0.0177. The van der Waals surface area contributed by atoms with E-state index in [4.69, 9.17) is 56.1 Å². The van der Waals surface area contributed by atoms with Crippen molar-refractivity contribution >= 4 is 76.2 Å². The third-order valence-electron chi connectivity index (χ3n) is 18.4. The van der Waals surface area contributed by atoms with Crippen LogP contribution in [0.15, 0.2) is 164 Å². The Bertz CT molecular complexity index is 5040. The van der Waals surface area contributed by atoms with Crippen molar-refractivity contribution in [3.8, 4) is 57.8 Å². The van der Waals surface area contributed by atoms with E-state index < -0.39 is 11.6 Å². The molecule has 0 bridgehead atoms. The normalized spacial score (nSPS) is 13.9. The summed E-state index contributed by atoms with van der Waals surface area (Å²) in [5.41, 5.74) is 26.4. The van der Waals surface area contributed by atoms with E-state index in [1.165, 1.54) is 25.1 Å². The average molecular weight is 1620 g/mol. The lowest BCUT2D eigenvalue weighted by Crippen LogP contribution is -2.42. The number of likely N-dealkylation sites (tertiary alicyclic amines) is 1. The number of nitrogens with two attached hydrogens (primary N) is 4. The van der Waals surface area contributed by atoms with Gasteiger partial charge in [0.1, 0.15) is 11.6 Å². The SMILES string of the molecule is CC1CC(C)CN(CCNC(=O)c2ccc(Nc3nc(N)n(-c4ccccn4)n3)cc2)C1.CCN(CC)CCCOc1c(OC)cc(Nc2nc(N)n(-c3ccccn3)n2)cc1OC.COc1cc(Nc2nc(N)n(-c3ccccn3)n2)cc(OC)c1OCCCN1CCOCC1.Nc1nc(Nc2cc(F)ccc2F)nn1-c1ccccn1. The largest absolute Gasteiger partial charge is 0.493 e. The number of nitrogen functional groups attached to an aromatic ring is 4. The number of nitrogens with one attached hydrogen (secondary N) is 5. The van der Waals surface area contributed by atoms with Crippen LogP contribution in [0.3, 0.4) is 0 Å². The monoisotopic (exact) mass is 1620 g/mol. The van der Waals surface area contributed by atoms with Gasteiger partial charge in [0.15, 0.2) is 46.3 Å². The molecule has 0 saturated carbocycles. The van der Waals surface area contributed by atoms with E-state index in [1.54, 1.807) is 126 Å². The maximum Gasteiger partial charge on any atom is 0.251 e. The number of pyridine rings is 4. The molecule has 2 atom stereocenters. The van der Waals surface area contributed by atoms with Crippen LogP contribution in [-0.4, -0.2) is 220 Å². The van der Waals surface area contributed by atoms with Gasteiger partial charge in [-0.2, -0.15) is 38.7 Å². The molecule has 622 valence electrons. The van der Waals surface area contributed by atoms with Crippen LogP contribution in [0, 0.1) is 23.5 Å². The van der Waals surface area contributed by atoms with Gasteiger partial charge in [0.25, 0.3) is 5.91 Å². The summed E-state index contributed by atoms with van der Waals surface area (Å²) < 4.78 is 72.0. The van der Waals surface area contributed by atoms with E-state index in [9.17, 15) is 13.6 Å². The molecule has 0 spiro atoms. The number of benzene rings is 4. The molecule has 0 aliphatic carbocycles. The first-order valence-corrected chi connectivity index (χ1v) is 38.4. The number of aromatic nitrogens is 16. The highest BCUT2D eigenvalue weighted by Gasteiger charge is 2.24. The van der Waals surface area contributed by atoms with Gasteiger partial charge in [-0.25, -0.2) is 28.7 Å². The van der Waals surface area contributed by atoms with E-state index in [2.05, 4.69) is 129 Å². The minimum atomic E-state index is -0.621. The molecule has 0 radical (unpaired) electrons. The molecule has 36 nitrogen and oxygen atoms in total. The van der Waals surface area contributed by atoms with Crippen LogP contribution in [0.2, 0.25) is 0 Å². The Morgan fingerprint density at radius 2 is 0.907 bits per heavy atom. The average Bonchev–Trinajstić information content (AvgIpc) is 1.49. The predicted molar refractivity (Wildman–Crippen MR) is 446 cm³/mol. The molecule has 2 unspecified atom stereocenters. The summed E-state index contributed by atoms with van der Waals surface area (Å²) in [5, 5.41) is 32.2. The lowest BCUT2D eigenvalue weighted by molar-refractivity contribution is 0.0357. The van der Waals surface area contributed by atoms with Crippen LogP contribution in [0.5, 0.6) is 34.5 Å². The van der Waals surface area contributed by atoms with Gasteiger partial charge in [0, 0.05) is 130 Å². The highest BCUT2D eigenvalue weighted by Crippen LogP contribution is 2.43. The molecule has 2 saturated heterocycles. The van der Waals surface area contributed by atoms with Crippen molar-refractivity contribution in [3.05, 3.63) is 182 Å². The number of piperidine rings is 1. The van der Waals surface area contributed by atoms with Crippen LogP contribution in [0.4, 0.5) is 79.1 Å². The second-order valence-electron chi connectivity index (χ2n) is 27.0. The van der Waals surface area contributed by atoms with Crippen molar-refractivity contribution in [2.24, 2.45) is 11.8 Å². The standard InChI is InChI=1S/C23H30N8O.C22H29N7O4.C22H31N7O3.C13H10F2N6/c1-16-13-17(2)15-30(14-16)12-11-26-21(32)18-6-8-19(9-7-18)27-23-28-22(24)31(29-23)20-5-3-4-10-25-20;1-30-17-14-16(25-22-26-21(23)29(27-22)19-6-3-4-7-24-19)15-18(31-2)20(17)33-11-5-8-28-9-12-32-13-10-28;1-5-28(6-2)12-9-13-32-20-17(30-3)14-16(15-18(20)31-4)25-22-26-21(23)29(27-22)19-10-7-8-11-24-19;14-8-4-5-9(15)10(7-8)18-13-19-12(16)21(20-13)11-3-1-2-6-17-11/h3-10,16-17H,11-15H2,1-2H3,(H,26,32)(H3,24,27,28,29);3-4,6-7,14-15H,5,8-13H2,1-2H3,(H3,23,25,26,27);7-8,10-11,14-15H,5-6,9,12-13H2,1-4H3,(H3,23,25,26,27);1-7H,(H3,16,18,19,20). The Morgan fingerprint density at radius 3 is 1.31 bits per heavy atom. The smallest absolute Gasteiger partial charge is 0.251 e. The number of ether oxygens (including phenoxy) is 7. The van der Waals surface area contributed by atoms with Gasteiger partial charge in [0.05, 0.1) is 60.6 Å². The molecular formula is C80H100F2N28O8. The molecule has 8 aromatic heterocycles. The summed E-state index contributed by atoms with van der Waals surface area (Å²) in [6.07, 6.45) is 9.66. The lowest BCUT2D eigenvalue weighted by atomic mass is 9.92. The van der Waals surface area contributed by atoms with Crippen molar-refractivity contribution in [2.75, 3.05) is 165 Å². The number of methoxy groups -OCH3 is 4. The number of morpholine rings is 1.